The van der Waals surface area contributed by atoms with Gasteiger partial charge in [-0.2, -0.15) is 0 Å². The first-order valence-corrected chi connectivity index (χ1v) is 6.62. The lowest BCUT2D eigenvalue weighted by Gasteiger charge is -2.20. The molecule has 0 saturated carbocycles. The van der Waals surface area contributed by atoms with E-state index in [9.17, 15) is 0 Å². The van der Waals surface area contributed by atoms with Gasteiger partial charge in [-0.1, -0.05) is 6.07 Å². The normalized spacial score (nSPS) is 21.7. The Balaban J connectivity index is 1.79. The van der Waals surface area contributed by atoms with Crippen LogP contribution in [0.1, 0.15) is 35.1 Å². The third kappa shape index (κ3) is 1.42. The highest BCUT2D eigenvalue weighted by Crippen LogP contribution is 2.36. The average molecular weight is 240 g/mol. The molecule has 2 aromatic heterocycles. The van der Waals surface area contributed by atoms with Crippen molar-refractivity contribution in [3.63, 3.8) is 0 Å². The SMILES string of the molecule is c1cnc2c(c1)CCC2c1cnc2n1CCNC2. The highest BCUT2D eigenvalue weighted by molar-refractivity contribution is 5.35. The molecule has 1 atom stereocenters. The molecule has 0 spiro atoms. The van der Waals surface area contributed by atoms with Crippen LogP contribution in [0, 0.1) is 0 Å². The Hall–Kier alpha value is -1.68. The molecule has 1 aliphatic heterocycles. The van der Waals surface area contributed by atoms with Gasteiger partial charge in [-0.05, 0) is 24.5 Å². The van der Waals surface area contributed by atoms with Crippen LogP contribution in [0.15, 0.2) is 24.5 Å². The van der Waals surface area contributed by atoms with Gasteiger partial charge in [0, 0.05) is 37.1 Å². The van der Waals surface area contributed by atoms with E-state index in [1.165, 1.54) is 29.2 Å². The van der Waals surface area contributed by atoms with Crippen LogP contribution in [-0.2, 0) is 19.5 Å². The standard InChI is InChI=1S/C14H16N4/c1-2-10-3-4-11(14(10)16-5-1)12-8-17-13-9-15-6-7-18(12)13/h1-2,5,8,11,15H,3-4,6-7,9H2. The van der Waals surface area contributed by atoms with E-state index in [4.69, 9.17) is 0 Å². The highest BCUT2D eigenvalue weighted by atomic mass is 15.2. The van der Waals surface area contributed by atoms with Gasteiger partial charge in [0.05, 0.1) is 12.2 Å². The molecular formula is C14H16N4. The molecule has 2 aliphatic rings. The molecule has 2 aromatic rings. The second-order valence-corrected chi connectivity index (χ2v) is 5.07. The minimum atomic E-state index is 0.445. The molecule has 18 heavy (non-hydrogen) atoms. The van der Waals surface area contributed by atoms with Gasteiger partial charge in [-0.15, -0.1) is 0 Å². The number of aromatic nitrogens is 3. The first-order chi connectivity index (χ1) is 8.93. The zero-order chi connectivity index (χ0) is 11.9. The van der Waals surface area contributed by atoms with Gasteiger partial charge in [0.1, 0.15) is 5.82 Å². The lowest BCUT2D eigenvalue weighted by atomic mass is 10.0. The molecule has 4 rings (SSSR count). The molecule has 1 aliphatic carbocycles. The molecule has 0 fully saturated rings. The highest BCUT2D eigenvalue weighted by Gasteiger charge is 2.29. The van der Waals surface area contributed by atoms with Gasteiger partial charge in [0.15, 0.2) is 0 Å². The van der Waals surface area contributed by atoms with Crippen LogP contribution in [0.4, 0.5) is 0 Å². The Labute approximate surface area is 106 Å². The maximum absolute atomic E-state index is 4.59. The maximum atomic E-state index is 4.59. The minimum Gasteiger partial charge on any atom is -0.329 e. The fraction of sp³-hybridized carbons (Fsp3) is 0.429. The van der Waals surface area contributed by atoms with Crippen molar-refractivity contribution >= 4 is 0 Å². The van der Waals surface area contributed by atoms with Gasteiger partial charge in [-0.3, -0.25) is 4.98 Å². The van der Waals surface area contributed by atoms with Gasteiger partial charge in [-0.25, -0.2) is 4.98 Å². The predicted octanol–water partition coefficient (Wildman–Crippen LogP) is 1.46. The van der Waals surface area contributed by atoms with Gasteiger partial charge in [0.25, 0.3) is 0 Å². The van der Waals surface area contributed by atoms with Crippen LogP contribution in [0.25, 0.3) is 0 Å². The Morgan fingerprint density at radius 2 is 2.33 bits per heavy atom. The first-order valence-electron chi connectivity index (χ1n) is 6.62. The van der Waals surface area contributed by atoms with Crippen molar-refractivity contribution in [3.8, 4) is 0 Å². The summed E-state index contributed by atoms with van der Waals surface area (Å²) in [5.74, 6) is 1.61. The second kappa shape index (κ2) is 3.92. The van der Waals surface area contributed by atoms with Crippen LogP contribution in [0.3, 0.4) is 0 Å². The van der Waals surface area contributed by atoms with Crippen LogP contribution in [0.2, 0.25) is 0 Å². The molecule has 0 bridgehead atoms. The Bertz CT molecular complexity index is 587. The van der Waals surface area contributed by atoms with E-state index in [1.54, 1.807) is 0 Å². The Morgan fingerprint density at radius 1 is 1.33 bits per heavy atom. The number of imidazole rings is 1. The maximum Gasteiger partial charge on any atom is 0.122 e. The number of hydrogen-bond acceptors (Lipinski definition) is 3. The lowest BCUT2D eigenvalue weighted by Crippen LogP contribution is -2.29. The van der Waals surface area contributed by atoms with Crippen molar-refractivity contribution < 1.29 is 0 Å². The zero-order valence-electron chi connectivity index (χ0n) is 10.3. The molecule has 3 heterocycles. The monoisotopic (exact) mass is 240 g/mol. The summed E-state index contributed by atoms with van der Waals surface area (Å²) >= 11 is 0. The summed E-state index contributed by atoms with van der Waals surface area (Å²) in [6.45, 7) is 2.96. The lowest BCUT2D eigenvalue weighted by molar-refractivity contribution is 0.486. The van der Waals surface area contributed by atoms with Crippen molar-refractivity contribution in [2.45, 2.75) is 31.8 Å². The summed E-state index contributed by atoms with van der Waals surface area (Å²) in [5, 5.41) is 3.37. The van der Waals surface area contributed by atoms with E-state index >= 15 is 0 Å². The third-order valence-corrected chi connectivity index (χ3v) is 4.08. The number of nitrogens with one attached hydrogen (secondary N) is 1. The summed E-state index contributed by atoms with van der Waals surface area (Å²) < 4.78 is 2.38. The van der Waals surface area contributed by atoms with Crippen LogP contribution >= 0.6 is 0 Å². The van der Waals surface area contributed by atoms with E-state index in [2.05, 4.69) is 32.1 Å². The fourth-order valence-electron chi connectivity index (χ4n) is 3.20. The summed E-state index contributed by atoms with van der Waals surface area (Å²) in [6.07, 6.45) is 6.28. The van der Waals surface area contributed by atoms with Gasteiger partial charge in [0.2, 0.25) is 0 Å². The summed E-state index contributed by atoms with van der Waals surface area (Å²) in [6, 6.07) is 4.24. The van der Waals surface area contributed by atoms with Crippen LogP contribution in [0.5, 0.6) is 0 Å². The molecule has 0 radical (unpaired) electrons. The van der Waals surface area contributed by atoms with Crippen molar-refractivity contribution in [1.29, 1.82) is 0 Å². The third-order valence-electron chi connectivity index (χ3n) is 4.08. The quantitative estimate of drug-likeness (QED) is 0.820. The van der Waals surface area contributed by atoms with E-state index in [0.717, 1.165) is 26.1 Å². The second-order valence-electron chi connectivity index (χ2n) is 5.07. The summed E-state index contributed by atoms with van der Waals surface area (Å²) in [5.41, 5.74) is 4.02. The fourth-order valence-corrected chi connectivity index (χ4v) is 3.20. The molecule has 0 amide bonds. The molecule has 0 aromatic carbocycles. The summed E-state index contributed by atoms with van der Waals surface area (Å²) in [7, 11) is 0. The van der Waals surface area contributed by atoms with Crippen molar-refractivity contribution in [3.05, 3.63) is 47.3 Å². The first kappa shape index (κ1) is 10.3. The summed E-state index contributed by atoms with van der Waals surface area (Å²) in [4.78, 5) is 9.14. The van der Waals surface area contributed by atoms with E-state index < -0.39 is 0 Å². The molecule has 0 saturated heterocycles. The average Bonchev–Trinajstić information content (AvgIpc) is 3.01. The molecule has 4 nitrogen and oxygen atoms in total. The van der Waals surface area contributed by atoms with Crippen LogP contribution < -0.4 is 5.32 Å². The molecule has 92 valence electrons. The molecule has 4 heteroatoms. The van der Waals surface area contributed by atoms with Gasteiger partial charge < -0.3 is 9.88 Å². The number of nitrogens with zero attached hydrogens (tertiary/aromatic N) is 3. The van der Waals surface area contributed by atoms with E-state index in [1.807, 2.05) is 12.3 Å². The smallest absolute Gasteiger partial charge is 0.122 e. The van der Waals surface area contributed by atoms with Crippen molar-refractivity contribution in [1.82, 2.24) is 19.9 Å². The largest absolute Gasteiger partial charge is 0.329 e. The number of aryl methyl sites for hydroxylation is 1. The van der Waals surface area contributed by atoms with Crippen LogP contribution in [-0.4, -0.2) is 21.1 Å². The molecule has 1 N–H and O–H groups in total. The topological polar surface area (TPSA) is 42.7 Å². The number of hydrogen-bond donors (Lipinski definition) is 1. The number of rotatable bonds is 1. The molecule has 1 unspecified atom stereocenters. The van der Waals surface area contributed by atoms with Gasteiger partial charge >= 0.3 is 0 Å². The zero-order valence-corrected chi connectivity index (χ0v) is 10.3. The predicted molar refractivity (Wildman–Crippen MR) is 68.3 cm³/mol. The number of fused-ring (bicyclic) bond motifs is 2. The minimum absolute atomic E-state index is 0.445. The Morgan fingerprint density at radius 3 is 3.33 bits per heavy atom. The van der Waals surface area contributed by atoms with Crippen molar-refractivity contribution in [2.24, 2.45) is 0 Å². The number of pyridine rings is 1. The van der Waals surface area contributed by atoms with E-state index in [0.29, 0.717) is 5.92 Å². The Kier molecular flexibility index (Phi) is 2.23. The van der Waals surface area contributed by atoms with E-state index in [-0.39, 0.29) is 0 Å². The van der Waals surface area contributed by atoms with Crippen molar-refractivity contribution in [2.75, 3.05) is 6.54 Å². The molecular weight excluding hydrogens is 224 g/mol.